The lowest BCUT2D eigenvalue weighted by Gasteiger charge is -2.04. The van der Waals surface area contributed by atoms with Gasteiger partial charge in [0.25, 0.3) is 0 Å². The third kappa shape index (κ3) is 4.15. The lowest BCUT2D eigenvalue weighted by molar-refractivity contribution is -0.116. The first-order valence-electron chi connectivity index (χ1n) is 5.89. The number of ketones is 1. The second-order valence-corrected chi connectivity index (χ2v) is 6.12. The summed E-state index contributed by atoms with van der Waals surface area (Å²) in [6.07, 6.45) is -0.220. The van der Waals surface area contributed by atoms with Gasteiger partial charge in [-0.1, -0.05) is 22.0 Å². The highest BCUT2D eigenvalue weighted by Crippen LogP contribution is 2.21. The van der Waals surface area contributed by atoms with E-state index in [1.807, 2.05) is 24.3 Å². The van der Waals surface area contributed by atoms with E-state index in [1.165, 1.54) is 17.8 Å². The van der Waals surface area contributed by atoms with Crippen LogP contribution in [0, 0.1) is 11.6 Å². The molecule has 0 aliphatic rings. The van der Waals surface area contributed by atoms with Gasteiger partial charge in [0, 0.05) is 21.4 Å². The van der Waals surface area contributed by atoms with Crippen molar-refractivity contribution in [3.05, 3.63) is 64.1 Å². The highest BCUT2D eigenvalue weighted by Gasteiger charge is 2.13. The molecule has 0 atom stereocenters. The van der Waals surface area contributed by atoms with Gasteiger partial charge in [0.05, 0.1) is 5.75 Å². The van der Waals surface area contributed by atoms with Crippen LogP contribution in [0.15, 0.2) is 51.8 Å². The molecular weight excluding hydrogens is 346 g/mol. The first-order valence-corrected chi connectivity index (χ1v) is 7.67. The minimum absolute atomic E-state index is 0.158. The molecular formula is C15H11BrF2OS. The molecule has 0 saturated heterocycles. The smallest absolute Gasteiger partial charge is 0.147 e. The van der Waals surface area contributed by atoms with Crippen LogP contribution in [0.1, 0.15) is 5.56 Å². The van der Waals surface area contributed by atoms with E-state index in [1.54, 1.807) is 0 Å². The number of hydrogen-bond donors (Lipinski definition) is 0. The zero-order valence-electron chi connectivity index (χ0n) is 10.4. The summed E-state index contributed by atoms with van der Waals surface area (Å²) < 4.78 is 27.8. The van der Waals surface area contributed by atoms with Gasteiger partial charge < -0.3 is 0 Å². The van der Waals surface area contributed by atoms with Crippen LogP contribution in [0.2, 0.25) is 0 Å². The van der Waals surface area contributed by atoms with Crippen molar-refractivity contribution in [2.75, 3.05) is 5.75 Å². The highest BCUT2D eigenvalue weighted by atomic mass is 79.9. The van der Waals surface area contributed by atoms with Gasteiger partial charge >= 0.3 is 0 Å². The number of thioether (sulfide) groups is 1. The van der Waals surface area contributed by atoms with Crippen LogP contribution in [-0.2, 0) is 11.2 Å². The third-order valence-electron chi connectivity index (χ3n) is 2.65. The molecule has 0 amide bonds. The summed E-state index contributed by atoms with van der Waals surface area (Å²) in [6.45, 7) is 0. The zero-order valence-corrected chi connectivity index (χ0v) is 12.8. The van der Waals surface area contributed by atoms with Gasteiger partial charge in [-0.15, -0.1) is 11.8 Å². The van der Waals surface area contributed by atoms with Gasteiger partial charge in [0.15, 0.2) is 0 Å². The largest absolute Gasteiger partial charge is 0.298 e. The Morgan fingerprint density at radius 1 is 1.05 bits per heavy atom. The lowest BCUT2D eigenvalue weighted by Crippen LogP contribution is -2.09. The summed E-state index contributed by atoms with van der Waals surface area (Å²) in [4.78, 5) is 12.7. The number of hydrogen-bond acceptors (Lipinski definition) is 2. The third-order valence-corrected chi connectivity index (χ3v) is 4.25. The minimum atomic E-state index is -0.674. The van der Waals surface area contributed by atoms with Crippen molar-refractivity contribution in [3.63, 3.8) is 0 Å². The van der Waals surface area contributed by atoms with Crippen molar-refractivity contribution in [1.29, 1.82) is 0 Å². The predicted octanol–water partition coefficient (Wildman–Crippen LogP) is 4.63. The van der Waals surface area contributed by atoms with Gasteiger partial charge in [0.2, 0.25) is 0 Å². The number of halogens is 3. The van der Waals surface area contributed by atoms with Crippen molar-refractivity contribution in [2.45, 2.75) is 11.3 Å². The molecule has 0 saturated carbocycles. The normalized spacial score (nSPS) is 10.6. The molecule has 2 aromatic carbocycles. The fourth-order valence-corrected chi connectivity index (χ4v) is 2.67. The monoisotopic (exact) mass is 356 g/mol. The molecule has 0 radical (unpaired) electrons. The Kier molecular flexibility index (Phi) is 5.31. The molecule has 0 bridgehead atoms. The summed E-state index contributed by atoms with van der Waals surface area (Å²) >= 11 is 4.68. The number of benzene rings is 2. The van der Waals surface area contributed by atoms with E-state index in [2.05, 4.69) is 15.9 Å². The summed E-state index contributed by atoms with van der Waals surface area (Å²) in [5.41, 5.74) is -0.158. The van der Waals surface area contributed by atoms with Gasteiger partial charge in [-0.25, -0.2) is 8.78 Å². The van der Waals surface area contributed by atoms with Gasteiger partial charge in [-0.3, -0.25) is 4.79 Å². The number of carbonyl (C=O) groups excluding carboxylic acids is 1. The van der Waals surface area contributed by atoms with Gasteiger partial charge in [-0.2, -0.15) is 0 Å². The molecule has 0 spiro atoms. The summed E-state index contributed by atoms with van der Waals surface area (Å²) in [5.74, 6) is -1.36. The van der Waals surface area contributed by atoms with Crippen LogP contribution in [-0.4, -0.2) is 11.5 Å². The van der Waals surface area contributed by atoms with E-state index < -0.39 is 11.6 Å². The van der Waals surface area contributed by atoms with Crippen molar-refractivity contribution >= 4 is 33.5 Å². The second kappa shape index (κ2) is 6.99. The Balaban J connectivity index is 1.94. The maximum absolute atomic E-state index is 13.4. The Hall–Kier alpha value is -1.20. The van der Waals surface area contributed by atoms with Crippen molar-refractivity contribution < 1.29 is 13.6 Å². The van der Waals surface area contributed by atoms with Crippen LogP contribution in [0.3, 0.4) is 0 Å². The predicted molar refractivity (Wildman–Crippen MR) is 79.9 cm³/mol. The Bertz CT molecular complexity index is 594. The van der Waals surface area contributed by atoms with Crippen LogP contribution in [0.4, 0.5) is 8.78 Å². The standard InChI is InChI=1S/C15H11BrF2OS/c16-10-4-6-12(7-5-10)20-9-11(19)8-13-14(17)2-1-3-15(13)18/h1-7H,8-9H2. The van der Waals surface area contributed by atoms with Crippen LogP contribution in [0.5, 0.6) is 0 Å². The molecule has 20 heavy (non-hydrogen) atoms. The molecule has 0 aliphatic heterocycles. The topological polar surface area (TPSA) is 17.1 Å². The van der Waals surface area contributed by atoms with E-state index in [0.29, 0.717) is 0 Å². The highest BCUT2D eigenvalue weighted by molar-refractivity contribution is 9.10. The molecule has 0 aromatic heterocycles. The average molecular weight is 357 g/mol. The average Bonchev–Trinajstić information content (AvgIpc) is 2.42. The maximum Gasteiger partial charge on any atom is 0.147 e. The van der Waals surface area contributed by atoms with Crippen LogP contribution < -0.4 is 0 Å². The van der Waals surface area contributed by atoms with Crippen molar-refractivity contribution in [1.82, 2.24) is 0 Å². The first kappa shape index (κ1) is 15.2. The van der Waals surface area contributed by atoms with Crippen LogP contribution in [0.25, 0.3) is 0 Å². The van der Waals surface area contributed by atoms with Gasteiger partial charge in [0.1, 0.15) is 17.4 Å². The number of Topliss-reactive ketones (excluding diaryl/α,β-unsaturated/α-hetero) is 1. The molecule has 0 fully saturated rings. The molecule has 5 heteroatoms. The summed E-state index contributed by atoms with van der Waals surface area (Å²) in [5, 5.41) is 0. The van der Waals surface area contributed by atoms with Crippen LogP contribution >= 0.6 is 27.7 Å². The van der Waals surface area contributed by atoms with E-state index in [4.69, 9.17) is 0 Å². The van der Waals surface area contributed by atoms with E-state index in [0.717, 1.165) is 21.5 Å². The lowest BCUT2D eigenvalue weighted by atomic mass is 10.1. The molecule has 0 aliphatic carbocycles. The summed E-state index contributed by atoms with van der Waals surface area (Å²) in [6, 6.07) is 11.1. The summed E-state index contributed by atoms with van der Waals surface area (Å²) in [7, 11) is 0. The van der Waals surface area contributed by atoms with Crippen molar-refractivity contribution in [2.24, 2.45) is 0 Å². The van der Waals surface area contributed by atoms with Crippen molar-refractivity contribution in [3.8, 4) is 0 Å². The number of rotatable bonds is 5. The molecule has 1 nitrogen and oxygen atoms in total. The quantitative estimate of drug-likeness (QED) is 0.726. The number of carbonyl (C=O) groups is 1. The maximum atomic E-state index is 13.4. The molecule has 0 unspecified atom stereocenters. The van der Waals surface area contributed by atoms with E-state index in [9.17, 15) is 13.6 Å². The minimum Gasteiger partial charge on any atom is -0.298 e. The molecule has 2 aromatic rings. The molecule has 104 valence electrons. The van der Waals surface area contributed by atoms with E-state index in [-0.39, 0.29) is 23.5 Å². The van der Waals surface area contributed by atoms with Gasteiger partial charge in [-0.05, 0) is 36.4 Å². The molecule has 0 N–H and O–H groups in total. The fraction of sp³-hybridized carbons (Fsp3) is 0.133. The SMILES string of the molecule is O=C(CSc1ccc(Br)cc1)Cc1c(F)cccc1F. The first-order chi connectivity index (χ1) is 9.56. The zero-order chi connectivity index (χ0) is 14.5. The van der Waals surface area contributed by atoms with E-state index >= 15 is 0 Å². The second-order valence-electron chi connectivity index (χ2n) is 4.16. The Morgan fingerprint density at radius 2 is 1.65 bits per heavy atom. The Morgan fingerprint density at radius 3 is 2.25 bits per heavy atom. The molecule has 2 rings (SSSR count). The molecule has 0 heterocycles. The fourth-order valence-electron chi connectivity index (χ4n) is 1.64. The Labute approximate surface area is 128 Å².